The Morgan fingerprint density at radius 1 is 1.06 bits per heavy atom. The van der Waals surface area contributed by atoms with Crippen molar-refractivity contribution in [1.29, 1.82) is 0 Å². The van der Waals surface area contributed by atoms with Crippen LogP contribution in [0.3, 0.4) is 0 Å². The number of aromatic hydroxyl groups is 1. The van der Waals surface area contributed by atoms with Gasteiger partial charge in [-0.3, -0.25) is 4.79 Å². The quantitative estimate of drug-likeness (QED) is 0.489. The predicted molar refractivity (Wildman–Crippen MR) is 137 cm³/mol. The summed E-state index contributed by atoms with van der Waals surface area (Å²) in [6, 6.07) is 5.90. The van der Waals surface area contributed by atoms with E-state index in [2.05, 4.69) is 6.08 Å². The zero-order chi connectivity index (χ0) is 25.1. The van der Waals surface area contributed by atoms with Gasteiger partial charge in [-0.15, -0.1) is 0 Å². The van der Waals surface area contributed by atoms with Crippen LogP contribution in [0.1, 0.15) is 86.7 Å². The number of phenols is 1. The van der Waals surface area contributed by atoms with Gasteiger partial charge in [0.15, 0.2) is 5.78 Å². The number of fused-ring (bicyclic) bond motifs is 3. The summed E-state index contributed by atoms with van der Waals surface area (Å²) < 4.78 is 18.9. The van der Waals surface area contributed by atoms with E-state index in [4.69, 9.17) is 14.2 Å². The van der Waals surface area contributed by atoms with E-state index in [1.807, 2.05) is 84.0 Å². The lowest BCUT2D eigenvalue weighted by Crippen LogP contribution is -2.30. The number of carbonyl (C=O) groups excluding carboxylic acids is 1. The van der Waals surface area contributed by atoms with Gasteiger partial charge in [-0.2, -0.15) is 0 Å². The van der Waals surface area contributed by atoms with Gasteiger partial charge in [0, 0.05) is 11.1 Å². The third-order valence-electron chi connectivity index (χ3n) is 6.60. The molecule has 0 fully saturated rings. The van der Waals surface area contributed by atoms with Crippen LogP contribution in [0.2, 0.25) is 0 Å². The van der Waals surface area contributed by atoms with E-state index in [-0.39, 0.29) is 29.1 Å². The number of hydrogen-bond donors (Lipinski definition) is 1. The van der Waals surface area contributed by atoms with E-state index in [1.165, 1.54) is 0 Å². The Labute approximate surface area is 206 Å². The fourth-order valence-corrected chi connectivity index (χ4v) is 4.74. The molecule has 5 heteroatoms. The average Bonchev–Trinajstić information content (AvgIpc) is 2.76. The molecule has 3 aliphatic heterocycles. The second-order valence-corrected chi connectivity index (χ2v) is 10.9. The minimum absolute atomic E-state index is 0.0739. The maximum atomic E-state index is 13.4. The molecule has 182 valence electrons. The van der Waals surface area contributed by atoms with Gasteiger partial charge in [-0.25, -0.2) is 0 Å². The molecular weight excluding hydrogens is 440 g/mol. The number of ketones is 1. The number of hydrogen-bond acceptors (Lipinski definition) is 5. The van der Waals surface area contributed by atoms with E-state index in [9.17, 15) is 9.90 Å². The minimum atomic E-state index is -0.538. The molecule has 0 spiro atoms. The van der Waals surface area contributed by atoms with Crippen molar-refractivity contribution >= 4 is 17.9 Å². The van der Waals surface area contributed by atoms with Crippen molar-refractivity contribution in [2.75, 3.05) is 0 Å². The summed E-state index contributed by atoms with van der Waals surface area (Å²) >= 11 is 0. The van der Waals surface area contributed by atoms with Gasteiger partial charge in [0.05, 0.1) is 12.0 Å². The van der Waals surface area contributed by atoms with Gasteiger partial charge in [0.2, 0.25) is 0 Å². The lowest BCUT2D eigenvalue weighted by atomic mass is 9.88. The van der Waals surface area contributed by atoms with Crippen LogP contribution in [0, 0.1) is 0 Å². The van der Waals surface area contributed by atoms with Gasteiger partial charge >= 0.3 is 0 Å². The fourth-order valence-electron chi connectivity index (χ4n) is 4.74. The van der Waals surface area contributed by atoms with Gasteiger partial charge in [0.1, 0.15) is 45.9 Å². The second-order valence-electron chi connectivity index (χ2n) is 10.9. The fraction of sp³-hybridized carbons (Fsp3) is 0.367. The van der Waals surface area contributed by atoms with E-state index in [0.29, 0.717) is 23.5 Å². The van der Waals surface area contributed by atoms with Gasteiger partial charge in [0.25, 0.3) is 0 Å². The Bertz CT molecular complexity index is 1320. The zero-order valence-electron chi connectivity index (χ0n) is 21.2. The summed E-state index contributed by atoms with van der Waals surface area (Å²) in [4.78, 5) is 13.4. The number of benzene rings is 2. The molecular formula is C30H32O5. The van der Waals surface area contributed by atoms with Crippen LogP contribution in [-0.4, -0.2) is 22.1 Å². The summed E-state index contributed by atoms with van der Waals surface area (Å²) in [5.74, 6) is 1.58. The van der Waals surface area contributed by atoms with Crippen molar-refractivity contribution in [3.05, 3.63) is 69.8 Å². The highest BCUT2D eigenvalue weighted by Crippen LogP contribution is 2.51. The molecule has 1 atom stereocenters. The third-order valence-corrected chi connectivity index (χ3v) is 6.60. The zero-order valence-corrected chi connectivity index (χ0v) is 21.2. The number of rotatable bonds is 3. The van der Waals surface area contributed by atoms with Crippen LogP contribution in [0.25, 0.3) is 12.2 Å². The van der Waals surface area contributed by atoms with Crippen LogP contribution in [0.15, 0.2) is 42.0 Å². The molecule has 0 aromatic heterocycles. The second kappa shape index (κ2) is 8.04. The molecule has 0 saturated heterocycles. The van der Waals surface area contributed by atoms with E-state index in [1.54, 1.807) is 0 Å². The van der Waals surface area contributed by atoms with Crippen molar-refractivity contribution < 1.29 is 24.1 Å². The summed E-state index contributed by atoms with van der Waals surface area (Å²) in [7, 11) is 0. The summed E-state index contributed by atoms with van der Waals surface area (Å²) in [6.45, 7) is 12.0. The molecule has 0 radical (unpaired) electrons. The minimum Gasteiger partial charge on any atom is -0.506 e. The maximum absolute atomic E-state index is 13.4. The monoisotopic (exact) mass is 472 g/mol. The lowest BCUT2D eigenvalue weighted by molar-refractivity contribution is 0.0839. The molecule has 2 aromatic carbocycles. The largest absolute Gasteiger partial charge is 0.506 e. The van der Waals surface area contributed by atoms with Crippen LogP contribution < -0.4 is 14.2 Å². The SMILES string of the molecule is CC(C)=CCc1c2c(c(O)c3c1O[C@@H](c1ccc4c(c1)C=CC(C)(C)O4)CC3=O)C=CC(C)(C)O2. The Morgan fingerprint density at radius 2 is 1.77 bits per heavy atom. The predicted octanol–water partition coefficient (Wildman–Crippen LogP) is 6.98. The molecule has 0 saturated carbocycles. The number of phenolic OH excluding ortho intramolecular Hbond substituents is 1. The molecule has 1 N–H and O–H groups in total. The normalized spacial score (nSPS) is 20.5. The van der Waals surface area contributed by atoms with Crippen LogP contribution in [0.5, 0.6) is 23.0 Å². The first-order valence-electron chi connectivity index (χ1n) is 12.1. The Hall–Kier alpha value is -3.47. The number of Topliss-reactive ketones (excluding diaryl/α,β-unsaturated/α-hetero) is 1. The topological polar surface area (TPSA) is 65.0 Å². The van der Waals surface area contributed by atoms with Gasteiger partial charge in [-0.1, -0.05) is 23.8 Å². The molecule has 0 unspecified atom stereocenters. The third kappa shape index (κ3) is 4.24. The number of allylic oxidation sites excluding steroid dienone is 2. The first-order valence-corrected chi connectivity index (χ1v) is 12.1. The number of carbonyl (C=O) groups is 1. The molecule has 5 nitrogen and oxygen atoms in total. The van der Waals surface area contributed by atoms with E-state index in [0.717, 1.165) is 28.0 Å². The molecule has 3 aliphatic rings. The lowest BCUT2D eigenvalue weighted by Gasteiger charge is -2.34. The first-order chi connectivity index (χ1) is 16.4. The standard InChI is InChI=1S/C30H32O5/c1-17(2)7-9-21-27-20(12-14-30(5,6)35-27)26(32)25-22(31)16-24(33-28(21)25)18-8-10-23-19(15-18)11-13-29(3,4)34-23/h7-8,10-15,24,32H,9,16H2,1-6H3/t24-/m1/s1. The van der Waals surface area contributed by atoms with Crippen LogP contribution in [0.4, 0.5) is 0 Å². The highest BCUT2D eigenvalue weighted by atomic mass is 16.5. The highest BCUT2D eigenvalue weighted by Gasteiger charge is 2.38. The smallest absolute Gasteiger partial charge is 0.174 e. The number of ether oxygens (including phenoxy) is 3. The van der Waals surface area contributed by atoms with Crippen molar-refractivity contribution in [3.63, 3.8) is 0 Å². The Kier molecular flexibility index (Phi) is 5.35. The average molecular weight is 473 g/mol. The molecule has 0 amide bonds. The summed E-state index contributed by atoms with van der Waals surface area (Å²) in [6.07, 6.45) is 10.1. The molecule has 0 aliphatic carbocycles. The summed E-state index contributed by atoms with van der Waals surface area (Å²) in [5, 5.41) is 11.1. The molecule has 2 aromatic rings. The maximum Gasteiger partial charge on any atom is 0.174 e. The molecule has 35 heavy (non-hydrogen) atoms. The van der Waals surface area contributed by atoms with Crippen LogP contribution in [-0.2, 0) is 6.42 Å². The van der Waals surface area contributed by atoms with E-state index >= 15 is 0 Å². The Morgan fingerprint density at radius 3 is 2.51 bits per heavy atom. The van der Waals surface area contributed by atoms with Crippen LogP contribution >= 0.6 is 0 Å². The molecule has 3 heterocycles. The van der Waals surface area contributed by atoms with Crippen molar-refractivity contribution in [2.24, 2.45) is 0 Å². The molecule has 5 rings (SSSR count). The van der Waals surface area contributed by atoms with E-state index < -0.39 is 11.7 Å². The van der Waals surface area contributed by atoms with Gasteiger partial charge < -0.3 is 19.3 Å². The van der Waals surface area contributed by atoms with Crippen molar-refractivity contribution in [2.45, 2.75) is 71.7 Å². The molecule has 0 bridgehead atoms. The summed E-state index contributed by atoms with van der Waals surface area (Å²) in [5.41, 5.74) is 3.66. The Balaban J connectivity index is 1.61. The van der Waals surface area contributed by atoms with Crippen molar-refractivity contribution in [3.8, 4) is 23.0 Å². The van der Waals surface area contributed by atoms with Crippen molar-refractivity contribution in [1.82, 2.24) is 0 Å². The first kappa shape index (κ1) is 23.3. The highest BCUT2D eigenvalue weighted by molar-refractivity contribution is 6.05. The van der Waals surface area contributed by atoms with Gasteiger partial charge in [-0.05, 0) is 83.9 Å².